The van der Waals surface area contributed by atoms with Crippen LogP contribution in [0.15, 0.2) is 47.6 Å². The molecule has 0 fully saturated rings. The number of nitrogens with two attached hydrogens (primary N) is 1. The molecule has 3 N–H and O–H groups in total. The highest BCUT2D eigenvalue weighted by Gasteiger charge is 2.29. The van der Waals surface area contributed by atoms with E-state index in [-0.39, 0.29) is 5.97 Å². The molecule has 0 heterocycles. The Kier molecular flexibility index (Phi) is 8.84. The molecule has 0 atom stereocenters. The van der Waals surface area contributed by atoms with Gasteiger partial charge in [-0.25, -0.2) is 15.0 Å². The number of fused-ring (bicyclic) bond motifs is 3. The third-order valence-electron chi connectivity index (χ3n) is 5.75. The van der Waals surface area contributed by atoms with Gasteiger partial charge >= 0.3 is 12.0 Å². The van der Waals surface area contributed by atoms with Gasteiger partial charge in [-0.05, 0) is 18.1 Å². The molecule has 3 rings (SSSR count). The Labute approximate surface area is 190 Å². The molecule has 0 aromatic heterocycles. The van der Waals surface area contributed by atoms with Crippen molar-refractivity contribution in [3.8, 4) is 11.1 Å². The van der Waals surface area contributed by atoms with Crippen molar-refractivity contribution in [3.05, 3.63) is 59.2 Å². The summed E-state index contributed by atoms with van der Waals surface area (Å²) in [5.74, 6) is -0.333. The molecular weight excluding hydrogens is 402 g/mol. The summed E-state index contributed by atoms with van der Waals surface area (Å²) in [6.45, 7) is 2.65. The number of unbranched alkanes of at least 4 members (excludes halogenated alkanes) is 8. The van der Waals surface area contributed by atoms with Crippen molar-refractivity contribution in [2.24, 2.45) is 10.8 Å². The van der Waals surface area contributed by atoms with E-state index in [4.69, 9.17) is 10.5 Å². The van der Waals surface area contributed by atoms with E-state index in [0.717, 1.165) is 35.1 Å². The molecule has 2 aromatic rings. The lowest BCUT2D eigenvalue weighted by atomic mass is 9.99. The van der Waals surface area contributed by atoms with Crippen molar-refractivity contribution in [1.29, 1.82) is 0 Å². The standard InChI is InChI=1S/C26H33N3O3/c1-2-3-4-5-6-7-8-9-12-18-32-25(30)22-17-13-16-21-23(22)19-14-10-11-15-20(19)24(21)28-29-26(27)31/h10-11,13-17H,2-9,12,18H2,1H3,(H3,27,29,31)/b28-24-. The molecular formula is C26H33N3O3. The van der Waals surface area contributed by atoms with Crippen molar-refractivity contribution < 1.29 is 14.3 Å². The number of esters is 1. The maximum absolute atomic E-state index is 12.9. The van der Waals surface area contributed by atoms with E-state index in [9.17, 15) is 9.59 Å². The third-order valence-corrected chi connectivity index (χ3v) is 5.75. The van der Waals surface area contributed by atoms with Gasteiger partial charge in [0.05, 0.1) is 17.9 Å². The second-order valence-electron chi connectivity index (χ2n) is 8.17. The fourth-order valence-electron chi connectivity index (χ4n) is 4.15. The number of nitrogens with zero attached hydrogens (tertiary/aromatic N) is 1. The molecule has 1 aliphatic carbocycles. The van der Waals surface area contributed by atoms with Crippen LogP contribution in [0.4, 0.5) is 4.79 Å². The normalized spacial score (nSPS) is 13.0. The fraction of sp³-hybridized carbons (Fsp3) is 0.423. The number of hydrazone groups is 1. The van der Waals surface area contributed by atoms with Gasteiger partial charge in [0.25, 0.3) is 0 Å². The van der Waals surface area contributed by atoms with Crippen LogP contribution in [-0.2, 0) is 4.74 Å². The highest BCUT2D eigenvalue weighted by molar-refractivity contribution is 6.26. The molecule has 0 spiro atoms. The van der Waals surface area contributed by atoms with Crippen LogP contribution in [-0.4, -0.2) is 24.3 Å². The minimum atomic E-state index is -0.736. The number of carbonyl (C=O) groups is 2. The van der Waals surface area contributed by atoms with Gasteiger partial charge in [0.15, 0.2) is 0 Å². The molecule has 0 saturated heterocycles. The minimum absolute atomic E-state index is 0.333. The number of amides is 2. The number of benzene rings is 2. The van der Waals surface area contributed by atoms with E-state index < -0.39 is 6.03 Å². The monoisotopic (exact) mass is 435 g/mol. The summed E-state index contributed by atoms with van der Waals surface area (Å²) in [5.41, 5.74) is 11.9. The predicted molar refractivity (Wildman–Crippen MR) is 128 cm³/mol. The molecule has 0 bridgehead atoms. The van der Waals surface area contributed by atoms with Crippen LogP contribution in [0.1, 0.15) is 86.2 Å². The number of ether oxygens (including phenoxy) is 1. The van der Waals surface area contributed by atoms with E-state index in [2.05, 4.69) is 17.5 Å². The zero-order chi connectivity index (χ0) is 22.8. The Morgan fingerprint density at radius 3 is 2.16 bits per heavy atom. The zero-order valence-corrected chi connectivity index (χ0v) is 18.9. The summed E-state index contributed by atoms with van der Waals surface area (Å²) in [7, 11) is 0. The van der Waals surface area contributed by atoms with E-state index in [1.807, 2.05) is 30.3 Å². The molecule has 0 aliphatic heterocycles. The van der Waals surface area contributed by atoms with E-state index in [1.165, 1.54) is 44.9 Å². The van der Waals surface area contributed by atoms with Crippen LogP contribution >= 0.6 is 0 Å². The van der Waals surface area contributed by atoms with Crippen molar-refractivity contribution in [2.75, 3.05) is 6.61 Å². The summed E-state index contributed by atoms with van der Waals surface area (Å²) >= 11 is 0. The van der Waals surface area contributed by atoms with Crippen molar-refractivity contribution in [1.82, 2.24) is 5.43 Å². The first-order valence-corrected chi connectivity index (χ1v) is 11.7. The fourth-order valence-corrected chi connectivity index (χ4v) is 4.15. The van der Waals surface area contributed by atoms with Gasteiger partial charge in [-0.2, -0.15) is 5.10 Å². The van der Waals surface area contributed by atoms with E-state index >= 15 is 0 Å². The predicted octanol–water partition coefficient (Wildman–Crippen LogP) is 5.78. The summed E-state index contributed by atoms with van der Waals surface area (Å²) in [5, 5.41) is 4.17. The SMILES string of the molecule is CCCCCCCCCCCOC(=O)c1cccc2c1-c1ccccc1/C2=N/NC(N)=O. The van der Waals surface area contributed by atoms with Crippen LogP contribution in [0.3, 0.4) is 0 Å². The summed E-state index contributed by atoms with van der Waals surface area (Å²) in [6.07, 6.45) is 11.0. The number of primary amides is 1. The van der Waals surface area contributed by atoms with Crippen LogP contribution in [0.25, 0.3) is 11.1 Å². The lowest BCUT2D eigenvalue weighted by Gasteiger charge is -2.10. The Morgan fingerprint density at radius 1 is 0.844 bits per heavy atom. The van der Waals surface area contributed by atoms with Crippen LogP contribution < -0.4 is 11.2 Å². The van der Waals surface area contributed by atoms with Gasteiger partial charge in [0.2, 0.25) is 0 Å². The van der Waals surface area contributed by atoms with Gasteiger partial charge in [0, 0.05) is 16.7 Å². The quantitative estimate of drug-likeness (QED) is 0.215. The maximum Gasteiger partial charge on any atom is 0.338 e. The molecule has 0 radical (unpaired) electrons. The molecule has 0 saturated carbocycles. The number of carbonyl (C=O) groups excluding carboxylic acids is 2. The smallest absolute Gasteiger partial charge is 0.338 e. The highest BCUT2D eigenvalue weighted by Crippen LogP contribution is 2.39. The molecule has 0 unspecified atom stereocenters. The number of urea groups is 1. The molecule has 2 aromatic carbocycles. The Balaban J connectivity index is 1.59. The van der Waals surface area contributed by atoms with Crippen LogP contribution in [0, 0.1) is 0 Å². The largest absolute Gasteiger partial charge is 0.462 e. The molecule has 1 aliphatic rings. The molecule has 32 heavy (non-hydrogen) atoms. The Hall–Kier alpha value is -3.15. The average molecular weight is 436 g/mol. The second-order valence-corrected chi connectivity index (χ2v) is 8.17. The number of rotatable bonds is 12. The molecule has 2 amide bonds. The molecule has 6 nitrogen and oxygen atoms in total. The summed E-state index contributed by atoms with van der Waals surface area (Å²) < 4.78 is 5.59. The zero-order valence-electron chi connectivity index (χ0n) is 18.9. The van der Waals surface area contributed by atoms with Crippen molar-refractivity contribution in [3.63, 3.8) is 0 Å². The number of nitrogens with one attached hydrogen (secondary N) is 1. The number of hydrogen-bond acceptors (Lipinski definition) is 4. The van der Waals surface area contributed by atoms with Gasteiger partial charge < -0.3 is 10.5 Å². The molecule has 6 heteroatoms. The summed E-state index contributed by atoms with van der Waals surface area (Å²) in [4.78, 5) is 24.0. The Morgan fingerprint density at radius 2 is 1.47 bits per heavy atom. The minimum Gasteiger partial charge on any atom is -0.462 e. The van der Waals surface area contributed by atoms with Crippen molar-refractivity contribution in [2.45, 2.75) is 64.7 Å². The average Bonchev–Trinajstić information content (AvgIpc) is 3.12. The molecule has 170 valence electrons. The van der Waals surface area contributed by atoms with Gasteiger partial charge in [-0.15, -0.1) is 0 Å². The summed E-state index contributed by atoms with van der Waals surface area (Å²) in [6, 6.07) is 12.4. The second kappa shape index (κ2) is 12.0. The first kappa shape index (κ1) is 23.5. The third kappa shape index (κ3) is 5.96. The van der Waals surface area contributed by atoms with Crippen LogP contribution in [0.2, 0.25) is 0 Å². The van der Waals surface area contributed by atoms with Crippen LogP contribution in [0.5, 0.6) is 0 Å². The first-order valence-electron chi connectivity index (χ1n) is 11.7. The number of hydrogen-bond donors (Lipinski definition) is 2. The Bertz CT molecular complexity index is 969. The lowest BCUT2D eigenvalue weighted by molar-refractivity contribution is 0.0498. The van der Waals surface area contributed by atoms with E-state index in [0.29, 0.717) is 17.9 Å². The highest BCUT2D eigenvalue weighted by atomic mass is 16.5. The first-order chi connectivity index (χ1) is 15.6. The van der Waals surface area contributed by atoms with Crippen molar-refractivity contribution >= 4 is 17.7 Å². The van der Waals surface area contributed by atoms with Gasteiger partial charge in [-0.3, -0.25) is 0 Å². The van der Waals surface area contributed by atoms with E-state index in [1.54, 1.807) is 12.1 Å². The lowest BCUT2D eigenvalue weighted by Crippen LogP contribution is -2.25. The van der Waals surface area contributed by atoms with Gasteiger partial charge in [-0.1, -0.05) is 94.7 Å². The topological polar surface area (TPSA) is 93.8 Å². The maximum atomic E-state index is 12.9. The van der Waals surface area contributed by atoms with Gasteiger partial charge in [0.1, 0.15) is 0 Å².